The molecule has 1 aromatic heterocycles. The van der Waals surface area contributed by atoms with E-state index in [1.165, 1.54) is 29.5 Å². The number of hydrogen-bond acceptors (Lipinski definition) is 6. The lowest BCUT2D eigenvalue weighted by atomic mass is 9.89. The summed E-state index contributed by atoms with van der Waals surface area (Å²) >= 11 is 0. The van der Waals surface area contributed by atoms with Crippen LogP contribution < -0.4 is 10.1 Å². The number of rotatable bonds is 2. The number of ether oxygens (including phenoxy) is 2. The number of aromatic nitrogens is 1. The first-order valence-electron chi connectivity index (χ1n) is 9.53. The van der Waals surface area contributed by atoms with Gasteiger partial charge in [0.2, 0.25) is 5.88 Å². The molecule has 0 saturated carbocycles. The Bertz CT molecular complexity index is 616. The molecule has 1 unspecified atom stereocenters. The van der Waals surface area contributed by atoms with Crippen molar-refractivity contribution in [2.45, 2.75) is 70.8 Å². The van der Waals surface area contributed by atoms with E-state index in [4.69, 9.17) is 18.8 Å². The largest absolute Gasteiger partial charge is 0.481 e. The second-order valence-electron chi connectivity index (χ2n) is 8.02. The highest BCUT2D eigenvalue weighted by Crippen LogP contribution is 2.34. The average Bonchev–Trinajstić information content (AvgIpc) is 3.22. The summed E-state index contributed by atoms with van der Waals surface area (Å²) in [7, 11) is 2.13. The molecule has 1 aliphatic carbocycles. The third-order valence-electron chi connectivity index (χ3n) is 5.88. The molecule has 0 amide bonds. The molecule has 3 aliphatic rings. The van der Waals surface area contributed by atoms with Gasteiger partial charge in [0.15, 0.2) is 0 Å². The topological polar surface area (TPSA) is 61.8 Å². The van der Waals surface area contributed by atoms with Gasteiger partial charge in [0.05, 0.1) is 24.9 Å². The molecule has 2 aliphatic heterocycles. The summed E-state index contributed by atoms with van der Waals surface area (Å²) < 4.78 is 21.7. The first-order chi connectivity index (χ1) is 12.4. The van der Waals surface area contributed by atoms with Gasteiger partial charge in [0.1, 0.15) is 6.23 Å². The number of nitrogens with one attached hydrogen (secondary N) is 1. The van der Waals surface area contributed by atoms with Crippen LogP contribution in [0.4, 0.5) is 0 Å². The summed E-state index contributed by atoms with van der Waals surface area (Å²) in [5, 5.41) is 3.36. The van der Waals surface area contributed by atoms with Crippen molar-refractivity contribution in [3.63, 3.8) is 0 Å². The molecule has 26 heavy (non-hydrogen) atoms. The molecular formula is C19H31BN2O4. The minimum absolute atomic E-state index is 0.0280. The molecule has 4 rings (SSSR count). The van der Waals surface area contributed by atoms with Crippen LogP contribution in [0.5, 0.6) is 5.88 Å². The Morgan fingerprint density at radius 2 is 1.77 bits per heavy atom. The van der Waals surface area contributed by atoms with E-state index in [-0.39, 0.29) is 17.4 Å². The molecule has 0 spiro atoms. The van der Waals surface area contributed by atoms with E-state index in [1.807, 2.05) is 33.9 Å². The van der Waals surface area contributed by atoms with Gasteiger partial charge in [0, 0.05) is 23.9 Å². The molecule has 1 N–H and O–H groups in total. The summed E-state index contributed by atoms with van der Waals surface area (Å²) in [4.78, 5) is 4.41. The standard InChI is InChI=1S/C13H18N2O2.C6H13BO2/c1-16-12-10-5-3-2-4-9(10)11(8-15-12)13-14-6-7-17-13;1-5(2)6(3,4)9-7-8-5/h8,13-14H,2-7H2,1H3;7H,1-4H3. The van der Waals surface area contributed by atoms with Crippen molar-refractivity contribution >= 4 is 7.69 Å². The molecule has 3 heterocycles. The molecule has 1 aromatic rings. The fourth-order valence-corrected chi connectivity index (χ4v) is 3.44. The highest BCUT2D eigenvalue weighted by Gasteiger charge is 2.44. The van der Waals surface area contributed by atoms with Crippen LogP contribution in [0.3, 0.4) is 0 Å². The van der Waals surface area contributed by atoms with E-state index in [0.29, 0.717) is 7.69 Å². The Hall–Kier alpha value is -1.15. The third kappa shape index (κ3) is 3.91. The van der Waals surface area contributed by atoms with E-state index in [9.17, 15) is 0 Å². The van der Waals surface area contributed by atoms with Crippen molar-refractivity contribution in [3.8, 4) is 5.88 Å². The van der Waals surface area contributed by atoms with Gasteiger partial charge in [-0.15, -0.1) is 0 Å². The van der Waals surface area contributed by atoms with Crippen LogP contribution in [0.25, 0.3) is 0 Å². The summed E-state index contributed by atoms with van der Waals surface area (Å²) in [5.41, 5.74) is 3.62. The number of methoxy groups -OCH3 is 1. The van der Waals surface area contributed by atoms with Crippen LogP contribution >= 0.6 is 0 Å². The fraction of sp³-hybridized carbons (Fsp3) is 0.737. The van der Waals surface area contributed by atoms with Crippen LogP contribution in [0.15, 0.2) is 6.20 Å². The predicted octanol–water partition coefficient (Wildman–Crippen LogP) is 2.44. The van der Waals surface area contributed by atoms with Crippen molar-refractivity contribution in [1.29, 1.82) is 0 Å². The minimum atomic E-state index is -0.132. The Morgan fingerprint density at radius 3 is 2.27 bits per heavy atom. The second kappa shape index (κ2) is 7.84. The van der Waals surface area contributed by atoms with Crippen molar-refractivity contribution in [2.24, 2.45) is 0 Å². The Labute approximate surface area is 157 Å². The smallest absolute Gasteiger partial charge is 0.439 e. The molecule has 1 atom stereocenters. The van der Waals surface area contributed by atoms with Crippen LogP contribution in [0.2, 0.25) is 0 Å². The molecule has 0 radical (unpaired) electrons. The number of pyridine rings is 1. The Balaban J connectivity index is 0.000000185. The first kappa shape index (κ1) is 19.6. The van der Waals surface area contributed by atoms with E-state index >= 15 is 0 Å². The molecule has 144 valence electrons. The van der Waals surface area contributed by atoms with Crippen LogP contribution in [0.1, 0.15) is 63.5 Å². The summed E-state index contributed by atoms with van der Waals surface area (Å²) in [5.74, 6) is 0.793. The van der Waals surface area contributed by atoms with Crippen molar-refractivity contribution in [2.75, 3.05) is 20.3 Å². The van der Waals surface area contributed by atoms with E-state index in [1.54, 1.807) is 7.11 Å². The Kier molecular flexibility index (Phi) is 5.92. The molecule has 0 bridgehead atoms. The summed E-state index contributed by atoms with van der Waals surface area (Å²) in [6.45, 7) is 9.87. The number of hydrogen-bond donors (Lipinski definition) is 1. The van der Waals surface area contributed by atoms with Gasteiger partial charge in [-0.05, 0) is 58.9 Å². The first-order valence-corrected chi connectivity index (χ1v) is 9.53. The highest BCUT2D eigenvalue weighted by molar-refractivity contribution is 6.19. The SMILES string of the molecule is CC1(C)OBOC1(C)C.COc1ncc(C2NCCO2)c2c1CCCC2. The predicted molar refractivity (Wildman–Crippen MR) is 102 cm³/mol. The van der Waals surface area contributed by atoms with Crippen molar-refractivity contribution in [3.05, 3.63) is 22.9 Å². The lowest BCUT2D eigenvalue weighted by Gasteiger charge is -2.32. The maximum Gasteiger partial charge on any atom is 0.439 e. The molecule has 2 fully saturated rings. The molecule has 2 saturated heterocycles. The van der Waals surface area contributed by atoms with Gasteiger partial charge < -0.3 is 18.8 Å². The van der Waals surface area contributed by atoms with E-state index in [2.05, 4.69) is 10.3 Å². The van der Waals surface area contributed by atoms with Crippen molar-refractivity contribution in [1.82, 2.24) is 10.3 Å². The normalized spacial score (nSPS) is 25.7. The summed E-state index contributed by atoms with van der Waals surface area (Å²) in [6, 6.07) is 0. The van der Waals surface area contributed by atoms with Gasteiger partial charge in [-0.25, -0.2) is 4.98 Å². The zero-order valence-corrected chi connectivity index (χ0v) is 16.7. The maximum atomic E-state index is 5.69. The van der Waals surface area contributed by atoms with Gasteiger partial charge in [-0.1, -0.05) is 0 Å². The van der Waals surface area contributed by atoms with E-state index in [0.717, 1.165) is 31.9 Å². The summed E-state index contributed by atoms with van der Waals surface area (Å²) in [6.07, 6.45) is 6.61. The zero-order chi connectivity index (χ0) is 18.8. The molecular weight excluding hydrogens is 331 g/mol. The van der Waals surface area contributed by atoms with Gasteiger partial charge in [0.25, 0.3) is 0 Å². The highest BCUT2D eigenvalue weighted by atomic mass is 16.7. The lowest BCUT2D eigenvalue weighted by molar-refractivity contribution is 0.00578. The van der Waals surface area contributed by atoms with Gasteiger partial charge in [-0.3, -0.25) is 5.32 Å². The molecule has 0 aromatic carbocycles. The fourth-order valence-electron chi connectivity index (χ4n) is 3.44. The lowest BCUT2D eigenvalue weighted by Crippen LogP contribution is -2.41. The molecule has 7 heteroatoms. The van der Waals surface area contributed by atoms with Crippen LogP contribution in [-0.4, -0.2) is 44.1 Å². The zero-order valence-electron chi connectivity index (χ0n) is 16.7. The monoisotopic (exact) mass is 362 g/mol. The Morgan fingerprint density at radius 1 is 1.12 bits per heavy atom. The maximum absolute atomic E-state index is 5.69. The number of fused-ring (bicyclic) bond motifs is 1. The van der Waals surface area contributed by atoms with Crippen molar-refractivity contribution < 1.29 is 18.8 Å². The van der Waals surface area contributed by atoms with Crippen LogP contribution in [0, 0.1) is 0 Å². The quantitative estimate of drug-likeness (QED) is 0.816. The second-order valence-corrected chi connectivity index (χ2v) is 8.02. The minimum Gasteiger partial charge on any atom is -0.481 e. The van der Waals surface area contributed by atoms with Crippen LogP contribution in [-0.2, 0) is 26.9 Å². The van der Waals surface area contributed by atoms with E-state index < -0.39 is 0 Å². The van der Waals surface area contributed by atoms with Gasteiger partial charge in [-0.2, -0.15) is 0 Å². The number of nitrogens with zero attached hydrogens (tertiary/aromatic N) is 1. The van der Waals surface area contributed by atoms with Gasteiger partial charge >= 0.3 is 7.69 Å². The average molecular weight is 362 g/mol. The molecule has 6 nitrogen and oxygen atoms in total. The third-order valence-corrected chi connectivity index (χ3v) is 5.88.